The Balaban J connectivity index is 1.82. The van der Waals surface area contributed by atoms with Crippen LogP contribution >= 0.6 is 0 Å². The van der Waals surface area contributed by atoms with Crippen LogP contribution in [0.4, 0.5) is 9.18 Å². The van der Waals surface area contributed by atoms with E-state index in [1.807, 2.05) is 0 Å². The number of amides is 2. The number of nitrogens with zero attached hydrogens (tertiary/aromatic N) is 2. The van der Waals surface area contributed by atoms with Gasteiger partial charge in [-0.05, 0) is 36.6 Å². The SMILES string of the molecule is CC(C)CCNC(=O)NCc1nc(-c2ccc(F)cc2)no1. The minimum Gasteiger partial charge on any atom is -0.338 e. The predicted molar refractivity (Wildman–Crippen MR) is 79.4 cm³/mol. The van der Waals surface area contributed by atoms with Crippen LogP contribution in [0, 0.1) is 11.7 Å². The highest BCUT2D eigenvalue weighted by atomic mass is 19.1. The number of halogens is 1. The molecule has 2 N–H and O–H groups in total. The number of carbonyl (C=O) groups excluding carboxylic acids is 1. The number of nitrogens with one attached hydrogen (secondary N) is 2. The van der Waals surface area contributed by atoms with E-state index in [-0.39, 0.29) is 18.4 Å². The number of aromatic nitrogens is 2. The van der Waals surface area contributed by atoms with Gasteiger partial charge in [-0.3, -0.25) is 0 Å². The minimum atomic E-state index is -0.327. The zero-order chi connectivity index (χ0) is 15.9. The van der Waals surface area contributed by atoms with Crippen molar-refractivity contribution in [1.82, 2.24) is 20.8 Å². The second-order valence-corrected chi connectivity index (χ2v) is 5.31. The van der Waals surface area contributed by atoms with Crippen LogP contribution in [0.2, 0.25) is 0 Å². The lowest BCUT2D eigenvalue weighted by molar-refractivity contribution is 0.238. The van der Waals surface area contributed by atoms with Crippen molar-refractivity contribution < 1.29 is 13.7 Å². The molecule has 0 saturated heterocycles. The standard InChI is InChI=1S/C15H19FN4O2/c1-10(2)7-8-17-15(21)18-9-13-19-14(20-22-13)11-3-5-12(16)6-4-11/h3-6,10H,7-9H2,1-2H3,(H2,17,18,21). The van der Waals surface area contributed by atoms with E-state index in [4.69, 9.17) is 4.52 Å². The molecular formula is C15H19FN4O2. The first-order valence-corrected chi connectivity index (χ1v) is 7.15. The van der Waals surface area contributed by atoms with Gasteiger partial charge in [-0.1, -0.05) is 19.0 Å². The number of urea groups is 1. The van der Waals surface area contributed by atoms with Crippen LogP contribution in [0.25, 0.3) is 11.4 Å². The molecule has 0 aliphatic heterocycles. The summed E-state index contributed by atoms with van der Waals surface area (Å²) in [5.74, 6) is 0.858. The molecule has 0 bridgehead atoms. The first-order chi connectivity index (χ1) is 10.5. The van der Waals surface area contributed by atoms with Crippen LogP contribution in [-0.4, -0.2) is 22.7 Å². The molecular weight excluding hydrogens is 287 g/mol. The van der Waals surface area contributed by atoms with Crippen molar-refractivity contribution in [3.05, 3.63) is 36.0 Å². The molecule has 0 atom stereocenters. The molecule has 0 radical (unpaired) electrons. The van der Waals surface area contributed by atoms with E-state index in [1.54, 1.807) is 12.1 Å². The maximum Gasteiger partial charge on any atom is 0.315 e. The summed E-state index contributed by atoms with van der Waals surface area (Å²) in [5, 5.41) is 9.19. The van der Waals surface area contributed by atoms with Crippen LogP contribution in [-0.2, 0) is 6.54 Å². The summed E-state index contributed by atoms with van der Waals surface area (Å²) < 4.78 is 17.9. The van der Waals surface area contributed by atoms with Gasteiger partial charge in [-0.2, -0.15) is 4.98 Å². The quantitative estimate of drug-likeness (QED) is 0.860. The molecule has 2 rings (SSSR count). The largest absolute Gasteiger partial charge is 0.338 e. The lowest BCUT2D eigenvalue weighted by atomic mass is 10.1. The van der Waals surface area contributed by atoms with Crippen LogP contribution in [0.3, 0.4) is 0 Å². The van der Waals surface area contributed by atoms with Gasteiger partial charge in [-0.15, -0.1) is 0 Å². The molecule has 0 unspecified atom stereocenters. The number of hydrogen-bond donors (Lipinski definition) is 2. The summed E-state index contributed by atoms with van der Waals surface area (Å²) in [6.07, 6.45) is 0.919. The van der Waals surface area contributed by atoms with E-state index in [9.17, 15) is 9.18 Å². The van der Waals surface area contributed by atoms with E-state index in [1.165, 1.54) is 12.1 Å². The minimum absolute atomic E-state index is 0.141. The molecule has 0 saturated carbocycles. The Kier molecular flexibility index (Phi) is 5.46. The number of carbonyl (C=O) groups is 1. The van der Waals surface area contributed by atoms with Gasteiger partial charge in [0.05, 0.1) is 6.54 Å². The van der Waals surface area contributed by atoms with Crippen molar-refractivity contribution >= 4 is 6.03 Å². The fraction of sp³-hybridized carbons (Fsp3) is 0.400. The third-order valence-electron chi connectivity index (χ3n) is 2.98. The second-order valence-electron chi connectivity index (χ2n) is 5.31. The Hall–Kier alpha value is -2.44. The average molecular weight is 306 g/mol. The number of rotatable bonds is 6. The van der Waals surface area contributed by atoms with E-state index < -0.39 is 0 Å². The van der Waals surface area contributed by atoms with E-state index in [0.717, 1.165) is 6.42 Å². The van der Waals surface area contributed by atoms with Gasteiger partial charge in [0, 0.05) is 12.1 Å². The predicted octanol–water partition coefficient (Wildman–Crippen LogP) is 2.72. The smallest absolute Gasteiger partial charge is 0.315 e. The monoisotopic (exact) mass is 306 g/mol. The van der Waals surface area contributed by atoms with Crippen molar-refractivity contribution in [2.45, 2.75) is 26.8 Å². The molecule has 1 heterocycles. The van der Waals surface area contributed by atoms with Gasteiger partial charge in [0.1, 0.15) is 5.82 Å². The topological polar surface area (TPSA) is 80.0 Å². The van der Waals surface area contributed by atoms with E-state index >= 15 is 0 Å². The van der Waals surface area contributed by atoms with Crippen molar-refractivity contribution in [1.29, 1.82) is 0 Å². The molecule has 118 valence electrons. The molecule has 22 heavy (non-hydrogen) atoms. The third kappa shape index (κ3) is 4.83. The molecule has 0 spiro atoms. The maximum absolute atomic E-state index is 12.9. The molecule has 0 aliphatic carbocycles. The van der Waals surface area contributed by atoms with Crippen LogP contribution < -0.4 is 10.6 Å². The van der Waals surface area contributed by atoms with Crippen molar-refractivity contribution in [3.63, 3.8) is 0 Å². The highest BCUT2D eigenvalue weighted by Crippen LogP contribution is 2.15. The van der Waals surface area contributed by atoms with Crippen molar-refractivity contribution in [2.75, 3.05) is 6.54 Å². The zero-order valence-corrected chi connectivity index (χ0v) is 12.6. The molecule has 0 fully saturated rings. The zero-order valence-electron chi connectivity index (χ0n) is 12.6. The fourth-order valence-corrected chi connectivity index (χ4v) is 1.74. The average Bonchev–Trinajstić information content (AvgIpc) is 2.94. The van der Waals surface area contributed by atoms with Gasteiger partial charge in [0.2, 0.25) is 11.7 Å². The van der Waals surface area contributed by atoms with Crippen molar-refractivity contribution in [2.24, 2.45) is 5.92 Å². The first-order valence-electron chi connectivity index (χ1n) is 7.15. The number of benzene rings is 1. The summed E-state index contributed by atoms with van der Waals surface area (Å²) >= 11 is 0. The lowest BCUT2D eigenvalue weighted by Crippen LogP contribution is -2.36. The van der Waals surface area contributed by atoms with E-state index in [2.05, 4.69) is 34.6 Å². The summed E-state index contributed by atoms with van der Waals surface area (Å²) in [5.41, 5.74) is 0.651. The van der Waals surface area contributed by atoms with Gasteiger partial charge in [0.15, 0.2) is 0 Å². The molecule has 6 nitrogen and oxygen atoms in total. The fourth-order valence-electron chi connectivity index (χ4n) is 1.74. The third-order valence-corrected chi connectivity index (χ3v) is 2.98. The Morgan fingerprint density at radius 1 is 1.27 bits per heavy atom. The lowest BCUT2D eigenvalue weighted by Gasteiger charge is -2.07. The van der Waals surface area contributed by atoms with Gasteiger partial charge in [0.25, 0.3) is 0 Å². The van der Waals surface area contributed by atoms with Gasteiger partial charge >= 0.3 is 6.03 Å². The molecule has 7 heteroatoms. The van der Waals surface area contributed by atoms with Crippen LogP contribution in [0.15, 0.2) is 28.8 Å². The molecule has 2 aromatic rings. The molecule has 1 aromatic heterocycles. The van der Waals surface area contributed by atoms with Crippen LogP contribution in [0.1, 0.15) is 26.2 Å². The molecule has 0 aliphatic rings. The van der Waals surface area contributed by atoms with Crippen molar-refractivity contribution in [3.8, 4) is 11.4 Å². The molecule has 2 amide bonds. The van der Waals surface area contributed by atoms with Gasteiger partial charge in [-0.25, -0.2) is 9.18 Å². The van der Waals surface area contributed by atoms with Gasteiger partial charge < -0.3 is 15.2 Å². The summed E-state index contributed by atoms with van der Waals surface area (Å²) in [6.45, 7) is 4.94. The second kappa shape index (κ2) is 7.53. The first kappa shape index (κ1) is 15.9. The van der Waals surface area contributed by atoms with Crippen LogP contribution in [0.5, 0.6) is 0 Å². The Labute approximate surface area is 128 Å². The molecule has 1 aromatic carbocycles. The summed E-state index contributed by atoms with van der Waals surface area (Å²) in [7, 11) is 0. The Morgan fingerprint density at radius 3 is 2.68 bits per heavy atom. The Morgan fingerprint density at radius 2 is 2.00 bits per heavy atom. The van der Waals surface area contributed by atoms with E-state index in [0.29, 0.717) is 29.7 Å². The summed E-state index contributed by atoms with van der Waals surface area (Å²) in [6, 6.07) is 5.51. The Bertz CT molecular complexity index is 610. The summed E-state index contributed by atoms with van der Waals surface area (Å²) in [4.78, 5) is 15.7. The maximum atomic E-state index is 12.9. The normalized spacial score (nSPS) is 10.7. The highest BCUT2D eigenvalue weighted by molar-refractivity contribution is 5.73. The highest BCUT2D eigenvalue weighted by Gasteiger charge is 2.09. The number of hydrogen-bond acceptors (Lipinski definition) is 4.